The van der Waals surface area contributed by atoms with Gasteiger partial charge >= 0.3 is 0 Å². The van der Waals surface area contributed by atoms with Gasteiger partial charge in [-0.2, -0.15) is 0 Å². The van der Waals surface area contributed by atoms with Crippen LogP contribution in [-0.4, -0.2) is 72.5 Å². The molecule has 1 spiro atoms. The largest absolute Gasteiger partial charge is 0.373 e. The Bertz CT molecular complexity index is 697. The van der Waals surface area contributed by atoms with Crippen LogP contribution in [0.4, 0.5) is 5.95 Å². The summed E-state index contributed by atoms with van der Waals surface area (Å²) in [5.74, 6) is -0.204. The molecule has 24 heavy (non-hydrogen) atoms. The topological polar surface area (TPSA) is 101 Å². The highest BCUT2D eigenvalue weighted by atomic mass is 32.2. The lowest BCUT2D eigenvalue weighted by Crippen LogP contribution is -2.47. The van der Waals surface area contributed by atoms with E-state index in [0.29, 0.717) is 25.6 Å². The second-order valence-corrected chi connectivity index (χ2v) is 8.71. The van der Waals surface area contributed by atoms with Gasteiger partial charge in [0, 0.05) is 44.4 Å². The lowest BCUT2D eigenvalue weighted by atomic mass is 9.89. The normalized spacial score (nSPS) is 27.4. The SMILES string of the molecule is CS(=O)(=O)CC(=O)N1CC[C@]2(C[C@H](Nc3ncccn3)CCO2)C1. The number of hydrogen-bond acceptors (Lipinski definition) is 7. The minimum Gasteiger partial charge on any atom is -0.373 e. The Hall–Kier alpha value is -1.74. The molecule has 0 saturated carbocycles. The van der Waals surface area contributed by atoms with Gasteiger partial charge in [0.2, 0.25) is 11.9 Å². The van der Waals surface area contributed by atoms with Crippen molar-refractivity contribution in [2.45, 2.75) is 30.9 Å². The van der Waals surface area contributed by atoms with Crippen LogP contribution >= 0.6 is 0 Å². The monoisotopic (exact) mass is 354 g/mol. The van der Waals surface area contributed by atoms with E-state index in [9.17, 15) is 13.2 Å². The van der Waals surface area contributed by atoms with E-state index in [1.165, 1.54) is 0 Å². The van der Waals surface area contributed by atoms with E-state index in [2.05, 4.69) is 15.3 Å². The molecule has 3 heterocycles. The number of anilines is 1. The second-order valence-electron chi connectivity index (χ2n) is 6.57. The number of carbonyl (C=O) groups is 1. The number of rotatable bonds is 4. The van der Waals surface area contributed by atoms with Crippen LogP contribution in [0.25, 0.3) is 0 Å². The molecule has 3 rings (SSSR count). The van der Waals surface area contributed by atoms with Crippen molar-refractivity contribution >= 4 is 21.7 Å². The number of likely N-dealkylation sites (tertiary alicyclic amines) is 1. The van der Waals surface area contributed by atoms with Crippen molar-refractivity contribution in [1.82, 2.24) is 14.9 Å². The molecule has 1 aromatic rings. The number of sulfone groups is 1. The number of nitrogens with one attached hydrogen (secondary N) is 1. The predicted molar refractivity (Wildman–Crippen MR) is 88.3 cm³/mol. The first kappa shape index (κ1) is 17.1. The summed E-state index contributed by atoms with van der Waals surface area (Å²) in [5, 5.41) is 3.31. The summed E-state index contributed by atoms with van der Waals surface area (Å²) >= 11 is 0. The van der Waals surface area contributed by atoms with Gasteiger partial charge in [0.15, 0.2) is 9.84 Å². The van der Waals surface area contributed by atoms with E-state index < -0.39 is 21.2 Å². The molecule has 1 aromatic heterocycles. The van der Waals surface area contributed by atoms with E-state index in [4.69, 9.17) is 4.74 Å². The molecule has 2 fully saturated rings. The Balaban J connectivity index is 1.61. The molecule has 2 saturated heterocycles. The molecule has 2 aliphatic rings. The van der Waals surface area contributed by atoms with Crippen LogP contribution in [0.15, 0.2) is 18.5 Å². The molecule has 1 N–H and O–H groups in total. The van der Waals surface area contributed by atoms with Gasteiger partial charge in [0.05, 0.1) is 5.60 Å². The predicted octanol–water partition coefficient (Wildman–Crippen LogP) is 0.0832. The summed E-state index contributed by atoms with van der Waals surface area (Å²) in [6, 6.07) is 1.94. The average molecular weight is 354 g/mol. The highest BCUT2D eigenvalue weighted by Gasteiger charge is 2.45. The molecule has 1 amide bonds. The summed E-state index contributed by atoms with van der Waals surface area (Å²) < 4.78 is 28.6. The summed E-state index contributed by atoms with van der Waals surface area (Å²) in [4.78, 5) is 22.1. The van der Waals surface area contributed by atoms with Gasteiger partial charge in [-0.3, -0.25) is 4.79 Å². The first-order chi connectivity index (χ1) is 11.4. The maximum Gasteiger partial charge on any atom is 0.237 e. The molecule has 8 nitrogen and oxygen atoms in total. The van der Waals surface area contributed by atoms with Crippen molar-refractivity contribution in [2.24, 2.45) is 0 Å². The number of aromatic nitrogens is 2. The number of hydrogen-bond donors (Lipinski definition) is 1. The third-order valence-electron chi connectivity index (χ3n) is 4.45. The lowest BCUT2D eigenvalue weighted by molar-refractivity contribution is -0.130. The molecule has 0 aliphatic carbocycles. The van der Waals surface area contributed by atoms with Crippen LogP contribution < -0.4 is 5.32 Å². The molecule has 0 bridgehead atoms. The van der Waals surface area contributed by atoms with Crippen molar-refractivity contribution in [3.05, 3.63) is 18.5 Å². The molecular formula is C15H22N4O4S. The van der Waals surface area contributed by atoms with Crippen LogP contribution in [0.5, 0.6) is 0 Å². The van der Waals surface area contributed by atoms with Crippen LogP contribution in [0, 0.1) is 0 Å². The van der Waals surface area contributed by atoms with Crippen molar-refractivity contribution in [1.29, 1.82) is 0 Å². The zero-order valence-corrected chi connectivity index (χ0v) is 14.5. The molecule has 132 valence electrons. The zero-order valence-electron chi connectivity index (χ0n) is 13.6. The smallest absolute Gasteiger partial charge is 0.237 e. The quantitative estimate of drug-likeness (QED) is 0.817. The van der Waals surface area contributed by atoms with Crippen LogP contribution in [0.3, 0.4) is 0 Å². The van der Waals surface area contributed by atoms with Crippen molar-refractivity contribution < 1.29 is 17.9 Å². The lowest BCUT2D eigenvalue weighted by Gasteiger charge is -2.38. The van der Waals surface area contributed by atoms with Gasteiger partial charge < -0.3 is 15.0 Å². The molecule has 0 unspecified atom stereocenters. The van der Waals surface area contributed by atoms with Gasteiger partial charge in [-0.1, -0.05) is 0 Å². The maximum absolute atomic E-state index is 12.1. The van der Waals surface area contributed by atoms with E-state index in [-0.39, 0.29) is 11.9 Å². The van der Waals surface area contributed by atoms with Gasteiger partial charge in [-0.15, -0.1) is 0 Å². The van der Waals surface area contributed by atoms with Gasteiger partial charge in [-0.05, 0) is 25.3 Å². The third kappa shape index (κ3) is 4.21. The number of ether oxygens (including phenoxy) is 1. The second kappa shape index (κ2) is 6.64. The van der Waals surface area contributed by atoms with E-state index in [0.717, 1.165) is 25.5 Å². The minimum atomic E-state index is -3.32. The van der Waals surface area contributed by atoms with E-state index in [1.54, 1.807) is 23.4 Å². The molecule has 9 heteroatoms. The Kier molecular flexibility index (Phi) is 4.73. The van der Waals surface area contributed by atoms with Crippen LogP contribution in [-0.2, 0) is 19.4 Å². The Morgan fingerprint density at radius 1 is 1.46 bits per heavy atom. The number of carbonyl (C=O) groups excluding carboxylic acids is 1. The number of nitrogens with zero attached hydrogens (tertiary/aromatic N) is 3. The average Bonchev–Trinajstić information content (AvgIpc) is 2.90. The maximum atomic E-state index is 12.1. The summed E-state index contributed by atoms with van der Waals surface area (Å²) in [5.41, 5.74) is -0.405. The Morgan fingerprint density at radius 2 is 2.21 bits per heavy atom. The summed E-state index contributed by atoms with van der Waals surface area (Å²) in [6.07, 6.45) is 6.76. The Morgan fingerprint density at radius 3 is 2.92 bits per heavy atom. The standard InChI is InChI=1S/C15H22N4O4S/c1-24(21,22)10-13(20)19-7-4-15(11-19)9-12(3-8-23-15)18-14-16-5-2-6-17-14/h2,5-6,12H,3-4,7-11H2,1H3,(H,16,17,18)/t12-,15+/m1/s1. The fraction of sp³-hybridized carbons (Fsp3) is 0.667. The molecule has 0 aromatic carbocycles. The number of amides is 1. The highest BCUT2D eigenvalue weighted by molar-refractivity contribution is 7.91. The van der Waals surface area contributed by atoms with Crippen LogP contribution in [0.2, 0.25) is 0 Å². The van der Waals surface area contributed by atoms with Crippen molar-refractivity contribution in [3.63, 3.8) is 0 Å². The van der Waals surface area contributed by atoms with E-state index in [1.807, 2.05) is 0 Å². The van der Waals surface area contributed by atoms with Crippen LogP contribution in [0.1, 0.15) is 19.3 Å². The third-order valence-corrected chi connectivity index (χ3v) is 5.22. The first-order valence-corrected chi connectivity index (χ1v) is 10.0. The molecule has 2 aliphatic heterocycles. The zero-order chi connectivity index (χ0) is 17.2. The molecular weight excluding hydrogens is 332 g/mol. The van der Waals surface area contributed by atoms with E-state index >= 15 is 0 Å². The first-order valence-electron chi connectivity index (χ1n) is 7.98. The fourth-order valence-corrected chi connectivity index (χ4v) is 4.00. The minimum absolute atomic E-state index is 0.172. The highest BCUT2D eigenvalue weighted by Crippen LogP contribution is 2.35. The van der Waals surface area contributed by atoms with Gasteiger partial charge in [-0.25, -0.2) is 18.4 Å². The van der Waals surface area contributed by atoms with Crippen molar-refractivity contribution in [3.8, 4) is 0 Å². The van der Waals surface area contributed by atoms with Gasteiger partial charge in [0.1, 0.15) is 5.75 Å². The molecule has 2 atom stereocenters. The fourth-order valence-electron chi connectivity index (χ4n) is 3.36. The summed E-state index contributed by atoms with van der Waals surface area (Å²) in [6.45, 7) is 1.57. The van der Waals surface area contributed by atoms with Gasteiger partial charge in [0.25, 0.3) is 0 Å². The Labute approximate surface area is 141 Å². The summed E-state index contributed by atoms with van der Waals surface area (Å²) in [7, 11) is -3.32. The van der Waals surface area contributed by atoms with Crippen molar-refractivity contribution in [2.75, 3.05) is 37.0 Å². The molecule has 0 radical (unpaired) electrons.